The molecule has 0 bridgehead atoms. The first kappa shape index (κ1) is 15.9. The minimum absolute atomic E-state index is 0.158. The predicted molar refractivity (Wildman–Crippen MR) is 82.1 cm³/mol. The summed E-state index contributed by atoms with van der Waals surface area (Å²) in [4.78, 5) is 4.65. The van der Waals surface area contributed by atoms with E-state index in [-0.39, 0.29) is 12.4 Å². The second kappa shape index (κ2) is 7.50. The van der Waals surface area contributed by atoms with E-state index in [0.717, 1.165) is 42.5 Å². The van der Waals surface area contributed by atoms with Crippen molar-refractivity contribution < 1.29 is 9.50 Å². The van der Waals surface area contributed by atoms with Crippen LogP contribution in [-0.4, -0.2) is 54.2 Å². The quantitative estimate of drug-likeness (QED) is 0.888. The lowest BCUT2D eigenvalue weighted by Crippen LogP contribution is -2.44. The third kappa shape index (κ3) is 4.25. The summed E-state index contributed by atoms with van der Waals surface area (Å²) < 4.78 is 13.9. The van der Waals surface area contributed by atoms with Crippen LogP contribution in [0.3, 0.4) is 0 Å². The minimum Gasteiger partial charge on any atom is -0.395 e. The standard InChI is InChI=1S/C15H22BrFN2O/c1-18-6-4-14(5-7-18)19(8-9-20)11-12-2-3-13(17)10-15(12)16/h2-3,10,14,20H,4-9,11H2,1H3. The second-order valence-corrected chi connectivity index (χ2v) is 6.32. The Morgan fingerprint density at radius 2 is 2.10 bits per heavy atom. The van der Waals surface area contributed by atoms with Gasteiger partial charge in [0.1, 0.15) is 5.82 Å². The largest absolute Gasteiger partial charge is 0.395 e. The van der Waals surface area contributed by atoms with Crippen molar-refractivity contribution in [2.75, 3.05) is 33.3 Å². The summed E-state index contributed by atoms with van der Waals surface area (Å²) >= 11 is 3.42. The number of hydrogen-bond donors (Lipinski definition) is 1. The van der Waals surface area contributed by atoms with Crippen LogP contribution in [-0.2, 0) is 6.54 Å². The van der Waals surface area contributed by atoms with Crippen LogP contribution in [0.15, 0.2) is 22.7 Å². The number of piperidine rings is 1. The molecule has 0 amide bonds. The Morgan fingerprint density at radius 1 is 1.40 bits per heavy atom. The van der Waals surface area contributed by atoms with Gasteiger partial charge in [0.25, 0.3) is 0 Å². The lowest BCUT2D eigenvalue weighted by atomic mass is 10.0. The zero-order valence-electron chi connectivity index (χ0n) is 11.9. The van der Waals surface area contributed by atoms with Crippen molar-refractivity contribution in [1.29, 1.82) is 0 Å². The van der Waals surface area contributed by atoms with Crippen molar-refractivity contribution >= 4 is 15.9 Å². The Labute approximate surface area is 128 Å². The van der Waals surface area contributed by atoms with Crippen molar-refractivity contribution in [2.45, 2.75) is 25.4 Å². The van der Waals surface area contributed by atoms with Crippen molar-refractivity contribution in [3.05, 3.63) is 34.1 Å². The average Bonchev–Trinajstić information content (AvgIpc) is 2.42. The number of halogens is 2. The van der Waals surface area contributed by atoms with Gasteiger partial charge in [0.2, 0.25) is 0 Å². The fraction of sp³-hybridized carbons (Fsp3) is 0.600. The Bertz CT molecular complexity index is 436. The second-order valence-electron chi connectivity index (χ2n) is 5.46. The molecule has 0 unspecified atom stereocenters. The maximum Gasteiger partial charge on any atom is 0.124 e. The van der Waals surface area contributed by atoms with Crippen LogP contribution in [0.4, 0.5) is 4.39 Å². The molecule has 3 nitrogen and oxygen atoms in total. The molecule has 1 N–H and O–H groups in total. The molecule has 0 atom stereocenters. The molecule has 1 fully saturated rings. The molecule has 1 saturated heterocycles. The van der Waals surface area contributed by atoms with Gasteiger partial charge in [-0.25, -0.2) is 4.39 Å². The molecule has 20 heavy (non-hydrogen) atoms. The van der Waals surface area contributed by atoms with Crippen LogP contribution < -0.4 is 0 Å². The first-order valence-corrected chi connectivity index (χ1v) is 7.87. The minimum atomic E-state index is -0.228. The number of hydrogen-bond acceptors (Lipinski definition) is 3. The van der Waals surface area contributed by atoms with Crippen molar-refractivity contribution in [3.63, 3.8) is 0 Å². The van der Waals surface area contributed by atoms with Crippen LogP contribution in [0.5, 0.6) is 0 Å². The molecule has 112 valence electrons. The molecule has 1 aliphatic rings. The summed E-state index contributed by atoms with van der Waals surface area (Å²) in [5.74, 6) is -0.228. The van der Waals surface area contributed by atoms with Gasteiger partial charge in [-0.3, -0.25) is 4.90 Å². The van der Waals surface area contributed by atoms with E-state index in [9.17, 15) is 9.50 Å². The predicted octanol–water partition coefficient (Wildman–Crippen LogP) is 2.48. The normalized spacial score (nSPS) is 17.9. The molecule has 1 heterocycles. The summed E-state index contributed by atoms with van der Waals surface area (Å²) in [7, 11) is 2.14. The van der Waals surface area contributed by atoms with Crippen LogP contribution in [0.1, 0.15) is 18.4 Å². The van der Waals surface area contributed by atoms with E-state index in [0.29, 0.717) is 12.6 Å². The molecule has 0 radical (unpaired) electrons. The SMILES string of the molecule is CN1CCC(N(CCO)Cc2ccc(F)cc2Br)CC1. The Hall–Kier alpha value is -0.490. The van der Waals surface area contributed by atoms with Crippen LogP contribution in [0.25, 0.3) is 0 Å². The van der Waals surface area contributed by atoms with Gasteiger partial charge < -0.3 is 10.0 Å². The first-order chi connectivity index (χ1) is 9.60. The molecule has 0 saturated carbocycles. The fourth-order valence-electron chi connectivity index (χ4n) is 2.75. The highest BCUT2D eigenvalue weighted by atomic mass is 79.9. The number of aliphatic hydroxyl groups is 1. The van der Waals surface area contributed by atoms with E-state index in [1.54, 1.807) is 0 Å². The molecule has 5 heteroatoms. The molecule has 0 spiro atoms. The summed E-state index contributed by atoms with van der Waals surface area (Å²) in [6.07, 6.45) is 2.24. The van der Waals surface area contributed by atoms with Gasteiger partial charge in [-0.05, 0) is 50.7 Å². The van der Waals surface area contributed by atoms with Crippen molar-refractivity contribution in [1.82, 2.24) is 9.80 Å². The third-order valence-electron chi connectivity index (χ3n) is 3.98. The van der Waals surface area contributed by atoms with E-state index in [1.165, 1.54) is 12.1 Å². The zero-order valence-corrected chi connectivity index (χ0v) is 13.4. The maximum atomic E-state index is 13.1. The van der Waals surface area contributed by atoms with Gasteiger partial charge in [-0.15, -0.1) is 0 Å². The summed E-state index contributed by atoms with van der Waals surface area (Å²) in [5.41, 5.74) is 1.07. The number of rotatable bonds is 5. The van der Waals surface area contributed by atoms with E-state index >= 15 is 0 Å². The molecular formula is C15H22BrFN2O. The number of aliphatic hydroxyl groups excluding tert-OH is 1. The van der Waals surface area contributed by atoms with Crippen LogP contribution in [0.2, 0.25) is 0 Å². The summed E-state index contributed by atoms with van der Waals surface area (Å²) in [6, 6.07) is 5.31. The Morgan fingerprint density at radius 3 is 2.70 bits per heavy atom. The van der Waals surface area contributed by atoms with Crippen LogP contribution in [0, 0.1) is 5.82 Å². The number of likely N-dealkylation sites (tertiary alicyclic amines) is 1. The molecule has 0 aromatic heterocycles. The van der Waals surface area contributed by atoms with Gasteiger partial charge in [-0.2, -0.15) is 0 Å². The smallest absolute Gasteiger partial charge is 0.124 e. The maximum absolute atomic E-state index is 13.1. The zero-order chi connectivity index (χ0) is 14.5. The van der Waals surface area contributed by atoms with Crippen molar-refractivity contribution in [2.24, 2.45) is 0 Å². The molecular weight excluding hydrogens is 323 g/mol. The van der Waals surface area contributed by atoms with Gasteiger partial charge in [0.05, 0.1) is 6.61 Å². The van der Waals surface area contributed by atoms with Crippen LogP contribution >= 0.6 is 15.9 Å². The van der Waals surface area contributed by atoms with E-state index in [2.05, 4.69) is 32.8 Å². The van der Waals surface area contributed by atoms with E-state index in [1.807, 2.05) is 6.07 Å². The fourth-order valence-corrected chi connectivity index (χ4v) is 3.22. The van der Waals surface area contributed by atoms with Gasteiger partial charge in [0, 0.05) is 23.6 Å². The summed E-state index contributed by atoms with van der Waals surface area (Å²) in [6.45, 7) is 3.76. The highest BCUT2D eigenvalue weighted by molar-refractivity contribution is 9.10. The molecule has 1 aliphatic heterocycles. The van der Waals surface area contributed by atoms with Gasteiger partial charge in [-0.1, -0.05) is 22.0 Å². The highest BCUT2D eigenvalue weighted by Gasteiger charge is 2.23. The molecule has 2 rings (SSSR count). The lowest BCUT2D eigenvalue weighted by molar-refractivity contribution is 0.0939. The Kier molecular flexibility index (Phi) is 5.96. The lowest BCUT2D eigenvalue weighted by Gasteiger charge is -2.37. The molecule has 1 aromatic carbocycles. The van der Waals surface area contributed by atoms with Crippen molar-refractivity contribution in [3.8, 4) is 0 Å². The Balaban J connectivity index is 2.04. The number of nitrogens with zero attached hydrogens (tertiary/aromatic N) is 2. The van der Waals surface area contributed by atoms with Gasteiger partial charge in [0.15, 0.2) is 0 Å². The first-order valence-electron chi connectivity index (χ1n) is 7.07. The molecule has 0 aliphatic carbocycles. The third-order valence-corrected chi connectivity index (χ3v) is 4.72. The average molecular weight is 345 g/mol. The van der Waals surface area contributed by atoms with E-state index in [4.69, 9.17) is 0 Å². The monoisotopic (exact) mass is 344 g/mol. The van der Waals surface area contributed by atoms with E-state index < -0.39 is 0 Å². The van der Waals surface area contributed by atoms with Gasteiger partial charge >= 0.3 is 0 Å². The molecule has 1 aromatic rings. The highest BCUT2D eigenvalue weighted by Crippen LogP contribution is 2.23. The number of benzene rings is 1. The topological polar surface area (TPSA) is 26.7 Å². The summed E-state index contributed by atoms with van der Waals surface area (Å²) in [5, 5.41) is 9.29.